The van der Waals surface area contributed by atoms with E-state index >= 15 is 0 Å². The summed E-state index contributed by atoms with van der Waals surface area (Å²) < 4.78 is 27.9. The molecule has 0 saturated heterocycles. The molecule has 6 heteroatoms. The normalized spacial score (nSPS) is 10.7. The molecule has 134 valence electrons. The summed E-state index contributed by atoms with van der Waals surface area (Å²) in [4.78, 5) is 17.8. The fourth-order valence-corrected chi connectivity index (χ4v) is 2.78. The van der Waals surface area contributed by atoms with Crippen LogP contribution in [0.1, 0.15) is 12.0 Å². The van der Waals surface area contributed by atoms with Crippen molar-refractivity contribution < 1.29 is 13.6 Å². The fourth-order valence-electron chi connectivity index (χ4n) is 2.78. The number of amides is 1. The largest absolute Gasteiger partial charge is 0.384 e. The van der Waals surface area contributed by atoms with Crippen molar-refractivity contribution in [2.75, 3.05) is 18.9 Å². The number of anilines is 1. The number of aromatic nitrogens is 1. The topological polar surface area (TPSA) is 45.2 Å². The monoisotopic (exact) mass is 355 g/mol. The van der Waals surface area contributed by atoms with Crippen LogP contribution in [0, 0.1) is 11.6 Å². The van der Waals surface area contributed by atoms with Crippen molar-refractivity contribution in [2.45, 2.75) is 13.0 Å². The molecule has 1 N–H and O–H groups in total. The summed E-state index contributed by atoms with van der Waals surface area (Å²) in [5, 5.41) is 3.11. The maximum atomic E-state index is 14.1. The van der Waals surface area contributed by atoms with Gasteiger partial charge in [0.05, 0.1) is 5.39 Å². The smallest absolute Gasteiger partial charge is 0.224 e. The van der Waals surface area contributed by atoms with Crippen LogP contribution < -0.4 is 5.32 Å². The van der Waals surface area contributed by atoms with Gasteiger partial charge in [0.1, 0.15) is 17.2 Å². The highest BCUT2D eigenvalue weighted by molar-refractivity contribution is 5.92. The zero-order valence-corrected chi connectivity index (χ0v) is 14.4. The van der Waals surface area contributed by atoms with Gasteiger partial charge >= 0.3 is 0 Å². The minimum absolute atomic E-state index is 0.0254. The third-order valence-corrected chi connectivity index (χ3v) is 4.13. The molecule has 4 nitrogen and oxygen atoms in total. The highest BCUT2D eigenvalue weighted by Crippen LogP contribution is 2.26. The maximum Gasteiger partial charge on any atom is 0.224 e. The van der Waals surface area contributed by atoms with Gasteiger partial charge in [-0.2, -0.15) is 0 Å². The molecule has 0 unspecified atom stereocenters. The third-order valence-electron chi connectivity index (χ3n) is 4.13. The SMILES string of the molecule is CN(Cc1ccccc1)C(=O)CCNc1ccnc2c(F)ccc(F)c12. The Labute approximate surface area is 150 Å². The van der Waals surface area contributed by atoms with Crippen LogP contribution in [0.5, 0.6) is 0 Å². The number of nitrogens with one attached hydrogen (secondary N) is 1. The number of fused-ring (bicyclic) bond motifs is 1. The van der Waals surface area contributed by atoms with Gasteiger partial charge in [-0.05, 0) is 23.8 Å². The molecular formula is C20H19F2N3O. The summed E-state index contributed by atoms with van der Waals surface area (Å²) >= 11 is 0. The quantitative estimate of drug-likeness (QED) is 0.728. The van der Waals surface area contributed by atoms with Crippen LogP contribution >= 0.6 is 0 Å². The van der Waals surface area contributed by atoms with Crippen LogP contribution in [-0.2, 0) is 11.3 Å². The highest BCUT2D eigenvalue weighted by Gasteiger charge is 2.13. The third kappa shape index (κ3) is 3.96. The van der Waals surface area contributed by atoms with Crippen molar-refractivity contribution in [1.29, 1.82) is 0 Å². The van der Waals surface area contributed by atoms with Gasteiger partial charge in [-0.25, -0.2) is 8.78 Å². The van der Waals surface area contributed by atoms with E-state index in [1.807, 2.05) is 30.3 Å². The summed E-state index contributed by atoms with van der Waals surface area (Å²) in [6.07, 6.45) is 1.65. The van der Waals surface area contributed by atoms with Gasteiger partial charge in [0, 0.05) is 38.4 Å². The molecule has 0 spiro atoms. The minimum Gasteiger partial charge on any atom is -0.384 e. The average molecular weight is 355 g/mol. The predicted octanol–water partition coefficient (Wildman–Crippen LogP) is 3.97. The number of pyridine rings is 1. The van der Waals surface area contributed by atoms with Crippen LogP contribution in [0.15, 0.2) is 54.7 Å². The van der Waals surface area contributed by atoms with E-state index in [-0.39, 0.29) is 23.2 Å². The van der Waals surface area contributed by atoms with Gasteiger partial charge < -0.3 is 10.2 Å². The van der Waals surface area contributed by atoms with Gasteiger partial charge in [-0.1, -0.05) is 30.3 Å². The summed E-state index contributed by atoms with van der Waals surface area (Å²) in [5.74, 6) is -1.17. The molecule has 0 radical (unpaired) electrons. The first kappa shape index (κ1) is 17.8. The molecule has 0 aliphatic carbocycles. The fraction of sp³-hybridized carbons (Fsp3) is 0.200. The second-order valence-corrected chi connectivity index (χ2v) is 6.02. The van der Waals surface area contributed by atoms with E-state index in [1.165, 1.54) is 6.20 Å². The van der Waals surface area contributed by atoms with E-state index in [2.05, 4.69) is 10.3 Å². The number of halogens is 2. The van der Waals surface area contributed by atoms with E-state index in [0.717, 1.165) is 17.7 Å². The molecule has 0 bridgehead atoms. The lowest BCUT2D eigenvalue weighted by Gasteiger charge is -2.18. The number of carbonyl (C=O) groups excluding carboxylic acids is 1. The average Bonchev–Trinajstić information content (AvgIpc) is 2.65. The molecule has 0 atom stereocenters. The second kappa shape index (κ2) is 7.91. The Hall–Kier alpha value is -3.02. The van der Waals surface area contributed by atoms with Crippen LogP contribution in [0.4, 0.5) is 14.5 Å². The van der Waals surface area contributed by atoms with Crippen LogP contribution in [0.2, 0.25) is 0 Å². The van der Waals surface area contributed by atoms with Crippen LogP contribution in [0.25, 0.3) is 10.9 Å². The van der Waals surface area contributed by atoms with Gasteiger partial charge in [-0.3, -0.25) is 9.78 Å². The number of carbonyl (C=O) groups is 1. The Morgan fingerprint density at radius 1 is 1.08 bits per heavy atom. The van der Waals surface area contributed by atoms with E-state index in [9.17, 15) is 13.6 Å². The first-order valence-corrected chi connectivity index (χ1v) is 8.30. The first-order chi connectivity index (χ1) is 12.6. The molecule has 1 heterocycles. The predicted molar refractivity (Wildman–Crippen MR) is 97.7 cm³/mol. The standard InChI is InChI=1S/C20H19F2N3O/c1-25(13-14-5-3-2-4-6-14)18(26)10-12-23-17-9-11-24-20-16(22)8-7-15(21)19(17)20/h2-9,11H,10,12-13H2,1H3,(H,23,24). The molecule has 3 rings (SSSR count). The number of rotatable bonds is 6. The Morgan fingerprint density at radius 2 is 1.81 bits per heavy atom. The molecule has 0 aliphatic heterocycles. The number of nitrogens with zero attached hydrogens (tertiary/aromatic N) is 2. The molecule has 1 aromatic heterocycles. The Morgan fingerprint density at radius 3 is 2.58 bits per heavy atom. The molecule has 3 aromatic rings. The van der Waals surface area contributed by atoms with E-state index in [4.69, 9.17) is 0 Å². The van der Waals surface area contributed by atoms with Crippen molar-refractivity contribution in [3.8, 4) is 0 Å². The lowest BCUT2D eigenvalue weighted by Crippen LogP contribution is -2.27. The van der Waals surface area contributed by atoms with Gasteiger partial charge in [0.25, 0.3) is 0 Å². The molecule has 0 fully saturated rings. The Kier molecular flexibility index (Phi) is 5.41. The van der Waals surface area contributed by atoms with E-state index < -0.39 is 11.6 Å². The van der Waals surface area contributed by atoms with Crippen LogP contribution in [-0.4, -0.2) is 29.4 Å². The van der Waals surface area contributed by atoms with Crippen molar-refractivity contribution >= 4 is 22.5 Å². The summed E-state index contributed by atoms with van der Waals surface area (Å²) in [6.45, 7) is 0.838. The molecule has 26 heavy (non-hydrogen) atoms. The van der Waals surface area contributed by atoms with Crippen molar-refractivity contribution in [1.82, 2.24) is 9.88 Å². The van der Waals surface area contributed by atoms with Crippen molar-refractivity contribution in [2.24, 2.45) is 0 Å². The first-order valence-electron chi connectivity index (χ1n) is 8.30. The van der Waals surface area contributed by atoms with Gasteiger partial charge in [-0.15, -0.1) is 0 Å². The molecule has 0 aliphatic rings. The number of hydrogen-bond donors (Lipinski definition) is 1. The van der Waals surface area contributed by atoms with Crippen LogP contribution in [0.3, 0.4) is 0 Å². The van der Waals surface area contributed by atoms with E-state index in [1.54, 1.807) is 18.0 Å². The summed E-state index contributed by atoms with van der Waals surface area (Å²) in [6, 6.07) is 13.4. The van der Waals surface area contributed by atoms with Crippen molar-refractivity contribution in [3.63, 3.8) is 0 Å². The molecule has 0 saturated carbocycles. The highest BCUT2D eigenvalue weighted by atomic mass is 19.1. The van der Waals surface area contributed by atoms with Gasteiger partial charge in [0.15, 0.2) is 0 Å². The molecular weight excluding hydrogens is 336 g/mol. The number of benzene rings is 2. The zero-order valence-electron chi connectivity index (χ0n) is 14.4. The Balaban J connectivity index is 1.62. The number of hydrogen-bond acceptors (Lipinski definition) is 3. The van der Waals surface area contributed by atoms with E-state index in [0.29, 0.717) is 18.8 Å². The van der Waals surface area contributed by atoms with Crippen molar-refractivity contribution in [3.05, 3.63) is 71.9 Å². The lowest BCUT2D eigenvalue weighted by molar-refractivity contribution is -0.130. The lowest BCUT2D eigenvalue weighted by atomic mass is 10.1. The minimum atomic E-state index is -0.580. The second-order valence-electron chi connectivity index (χ2n) is 6.02. The Bertz CT molecular complexity index is 916. The van der Waals surface area contributed by atoms with Gasteiger partial charge in [0.2, 0.25) is 5.91 Å². The maximum absolute atomic E-state index is 14.1. The molecule has 1 amide bonds. The zero-order chi connectivity index (χ0) is 18.5. The molecule has 2 aromatic carbocycles. The summed E-state index contributed by atoms with van der Waals surface area (Å²) in [7, 11) is 1.74. The summed E-state index contributed by atoms with van der Waals surface area (Å²) in [5.41, 5.74) is 1.45.